The molecule has 2 aromatic carbocycles. The quantitative estimate of drug-likeness (QED) is 0.146. The molecule has 4 N–H and O–H groups in total. The van der Waals surface area contributed by atoms with Crippen LogP contribution in [0.4, 0.5) is 34.1 Å². The lowest BCUT2D eigenvalue weighted by atomic mass is 9.82. The van der Waals surface area contributed by atoms with Gasteiger partial charge in [0.2, 0.25) is 0 Å². The molecule has 0 bridgehead atoms. The summed E-state index contributed by atoms with van der Waals surface area (Å²) in [5.41, 5.74) is 4.55. The van der Waals surface area contributed by atoms with Crippen molar-refractivity contribution in [2.75, 3.05) is 31.0 Å². The maximum absolute atomic E-state index is 14.0. The van der Waals surface area contributed by atoms with Crippen LogP contribution in [0.25, 0.3) is 11.4 Å². The Balaban J connectivity index is 1.47. The Morgan fingerprint density at radius 2 is 1.67 bits per heavy atom. The molecule has 0 aliphatic heterocycles. The summed E-state index contributed by atoms with van der Waals surface area (Å²) in [5.74, 6) is 1.70. The standard InChI is InChI=1S/C33H35F3N6O6/c1-6-46-27-13-21(15-39-29(27)47-17-20-7-10-23(45-5)11-8-20)28-38-16-26(19(2)40-28)42-31(44)41-22-9-12-24(25(14-22)33(34,35)36)32(3,4)18-48-30(37)43/h7-16H,6,17-18H2,1-5H3,(H2,37,43)(H2,41,42,44). The van der Waals surface area contributed by atoms with Gasteiger partial charge in [-0.2, -0.15) is 13.2 Å². The summed E-state index contributed by atoms with van der Waals surface area (Å²) in [4.78, 5) is 37.0. The van der Waals surface area contributed by atoms with E-state index in [1.165, 1.54) is 38.4 Å². The van der Waals surface area contributed by atoms with E-state index in [2.05, 4.69) is 25.6 Å². The van der Waals surface area contributed by atoms with Gasteiger partial charge in [0.15, 0.2) is 11.6 Å². The number of nitrogens with two attached hydrogens (primary N) is 1. The van der Waals surface area contributed by atoms with Crippen molar-refractivity contribution >= 4 is 23.5 Å². The Labute approximate surface area is 274 Å². The van der Waals surface area contributed by atoms with Gasteiger partial charge in [0.1, 0.15) is 19.0 Å². The minimum Gasteiger partial charge on any atom is -0.497 e. The number of alkyl halides is 3. The van der Waals surface area contributed by atoms with Gasteiger partial charge in [-0.05, 0) is 55.3 Å². The second kappa shape index (κ2) is 14.9. The number of nitrogens with zero attached hydrogens (tertiary/aromatic N) is 3. The van der Waals surface area contributed by atoms with Crippen molar-refractivity contribution in [3.63, 3.8) is 0 Å². The summed E-state index contributed by atoms with van der Waals surface area (Å²) >= 11 is 0. The van der Waals surface area contributed by atoms with Crippen molar-refractivity contribution in [2.45, 2.75) is 45.9 Å². The highest BCUT2D eigenvalue weighted by Crippen LogP contribution is 2.39. The Morgan fingerprint density at radius 3 is 2.29 bits per heavy atom. The topological polar surface area (TPSA) is 160 Å². The number of halogens is 3. The van der Waals surface area contributed by atoms with Crippen LogP contribution in [-0.2, 0) is 22.9 Å². The Bertz CT molecular complexity index is 1770. The number of benzene rings is 2. The number of rotatable bonds is 12. The van der Waals surface area contributed by atoms with Gasteiger partial charge in [0.05, 0.1) is 36.9 Å². The number of ether oxygens (including phenoxy) is 4. The molecule has 0 saturated carbocycles. The number of carbonyl (C=O) groups is 2. The van der Waals surface area contributed by atoms with Crippen LogP contribution in [0.2, 0.25) is 0 Å². The molecule has 4 rings (SSSR count). The molecule has 0 unspecified atom stereocenters. The zero-order chi connectivity index (χ0) is 35.1. The van der Waals surface area contributed by atoms with Crippen molar-refractivity contribution in [1.82, 2.24) is 15.0 Å². The number of aryl methyl sites for hydroxylation is 1. The lowest BCUT2D eigenvalue weighted by Crippen LogP contribution is -2.31. The van der Waals surface area contributed by atoms with Crippen LogP contribution in [0.3, 0.4) is 0 Å². The van der Waals surface area contributed by atoms with Crippen LogP contribution in [0.1, 0.15) is 43.2 Å². The zero-order valence-electron chi connectivity index (χ0n) is 26.9. The summed E-state index contributed by atoms with van der Waals surface area (Å²) in [6.45, 7) is 6.65. The maximum atomic E-state index is 14.0. The number of carbonyl (C=O) groups excluding carboxylic acids is 2. The SMILES string of the molecule is CCOc1cc(-c2ncc(NC(=O)Nc3ccc(C(C)(C)COC(N)=O)c(C(F)(F)F)c3)c(C)n2)cnc1OCc1ccc(OC)cc1. The normalized spacial score (nSPS) is 11.4. The number of hydrogen-bond acceptors (Lipinski definition) is 9. The highest BCUT2D eigenvalue weighted by Gasteiger charge is 2.38. The molecule has 0 saturated heterocycles. The molecule has 12 nitrogen and oxygen atoms in total. The molecule has 0 spiro atoms. The summed E-state index contributed by atoms with van der Waals surface area (Å²) in [6, 6.07) is 11.6. The Morgan fingerprint density at radius 1 is 0.938 bits per heavy atom. The molecule has 0 aliphatic carbocycles. The monoisotopic (exact) mass is 668 g/mol. The number of amides is 3. The van der Waals surface area contributed by atoms with E-state index in [9.17, 15) is 22.8 Å². The molecule has 2 aromatic heterocycles. The van der Waals surface area contributed by atoms with E-state index in [4.69, 9.17) is 24.7 Å². The van der Waals surface area contributed by atoms with Gasteiger partial charge in [-0.1, -0.05) is 32.0 Å². The molecule has 4 aromatic rings. The minimum absolute atomic E-state index is 0.116. The van der Waals surface area contributed by atoms with Crippen LogP contribution in [0, 0.1) is 6.92 Å². The molecule has 0 aliphatic rings. The lowest BCUT2D eigenvalue weighted by Gasteiger charge is -2.28. The first-order chi connectivity index (χ1) is 22.7. The number of anilines is 2. The molecule has 0 atom stereocenters. The average molecular weight is 669 g/mol. The fourth-order valence-electron chi connectivity index (χ4n) is 4.58. The van der Waals surface area contributed by atoms with E-state index in [-0.39, 0.29) is 36.0 Å². The molecule has 3 amide bonds. The fraction of sp³-hybridized carbons (Fsp3) is 0.303. The van der Waals surface area contributed by atoms with E-state index in [0.717, 1.165) is 17.4 Å². The van der Waals surface area contributed by atoms with Gasteiger partial charge in [-0.25, -0.2) is 24.5 Å². The fourth-order valence-corrected chi connectivity index (χ4v) is 4.58. The third-order valence-electron chi connectivity index (χ3n) is 7.03. The van der Waals surface area contributed by atoms with Crippen molar-refractivity contribution in [3.05, 3.63) is 83.3 Å². The largest absolute Gasteiger partial charge is 0.497 e. The van der Waals surface area contributed by atoms with Crippen molar-refractivity contribution in [3.8, 4) is 28.8 Å². The smallest absolute Gasteiger partial charge is 0.416 e. The third kappa shape index (κ3) is 9.02. The molecule has 0 radical (unpaired) electrons. The van der Waals surface area contributed by atoms with Crippen molar-refractivity contribution < 1.29 is 41.7 Å². The number of primary amides is 1. The number of urea groups is 1. The zero-order valence-corrected chi connectivity index (χ0v) is 26.9. The van der Waals surface area contributed by atoms with Crippen LogP contribution in [0.15, 0.2) is 60.9 Å². The number of nitrogens with one attached hydrogen (secondary N) is 2. The summed E-state index contributed by atoms with van der Waals surface area (Å²) < 4.78 is 63.5. The van der Waals surface area contributed by atoms with E-state index in [1.54, 1.807) is 20.1 Å². The lowest BCUT2D eigenvalue weighted by molar-refractivity contribution is -0.138. The molecular weight excluding hydrogens is 633 g/mol. The van der Waals surface area contributed by atoms with Crippen LogP contribution >= 0.6 is 0 Å². The van der Waals surface area contributed by atoms with E-state index in [0.29, 0.717) is 29.4 Å². The molecule has 0 fully saturated rings. The summed E-state index contributed by atoms with van der Waals surface area (Å²) in [5, 5.41) is 4.96. The van der Waals surface area contributed by atoms with E-state index < -0.39 is 29.3 Å². The van der Waals surface area contributed by atoms with Crippen LogP contribution in [0.5, 0.6) is 17.4 Å². The first-order valence-corrected chi connectivity index (χ1v) is 14.6. The Hall–Kier alpha value is -5.60. The van der Waals surface area contributed by atoms with E-state index >= 15 is 0 Å². The maximum Gasteiger partial charge on any atom is 0.416 e. The minimum atomic E-state index is -4.76. The van der Waals surface area contributed by atoms with Crippen molar-refractivity contribution in [1.29, 1.82) is 0 Å². The predicted molar refractivity (Wildman–Crippen MR) is 171 cm³/mol. The first-order valence-electron chi connectivity index (χ1n) is 14.6. The number of pyridine rings is 1. The molecule has 15 heteroatoms. The highest BCUT2D eigenvalue weighted by atomic mass is 19.4. The average Bonchev–Trinajstić information content (AvgIpc) is 3.04. The predicted octanol–water partition coefficient (Wildman–Crippen LogP) is 6.87. The van der Waals surface area contributed by atoms with Crippen molar-refractivity contribution in [2.24, 2.45) is 5.73 Å². The third-order valence-corrected chi connectivity index (χ3v) is 7.03. The molecule has 254 valence electrons. The number of hydrogen-bond donors (Lipinski definition) is 3. The van der Waals surface area contributed by atoms with Gasteiger partial charge in [0, 0.05) is 22.9 Å². The van der Waals surface area contributed by atoms with Crippen LogP contribution in [-0.4, -0.2) is 47.4 Å². The molecule has 2 heterocycles. The van der Waals surface area contributed by atoms with Gasteiger partial charge in [-0.15, -0.1) is 0 Å². The summed E-state index contributed by atoms with van der Waals surface area (Å²) in [7, 11) is 1.59. The molecular formula is C33H35F3N6O6. The Kier molecular flexibility index (Phi) is 10.9. The second-order valence-electron chi connectivity index (χ2n) is 11.1. The van der Waals surface area contributed by atoms with Gasteiger partial charge >= 0.3 is 18.3 Å². The highest BCUT2D eigenvalue weighted by molar-refractivity contribution is 6.00. The second-order valence-corrected chi connectivity index (χ2v) is 11.1. The number of aromatic nitrogens is 3. The van der Waals surface area contributed by atoms with Gasteiger partial charge in [-0.3, -0.25) is 0 Å². The number of methoxy groups -OCH3 is 1. The molecule has 48 heavy (non-hydrogen) atoms. The van der Waals surface area contributed by atoms with Gasteiger partial charge in [0.25, 0.3) is 5.88 Å². The van der Waals surface area contributed by atoms with E-state index in [1.807, 2.05) is 31.2 Å². The van der Waals surface area contributed by atoms with Crippen LogP contribution < -0.4 is 30.6 Å². The summed E-state index contributed by atoms with van der Waals surface area (Å²) in [6.07, 6.45) is -2.96. The van der Waals surface area contributed by atoms with Gasteiger partial charge < -0.3 is 35.3 Å². The first kappa shape index (κ1) is 35.3.